The summed E-state index contributed by atoms with van der Waals surface area (Å²) in [5.74, 6) is 0. The normalized spacial score (nSPS) is 12.4. The molecule has 0 bridgehead atoms. The highest BCUT2D eigenvalue weighted by atomic mass is 16.3. The standard InChI is InChI=1S/C52H30N2O/c1-2-15-33(16-3-1)53-42-24-11-23-39-37-19-6-7-20-38(37)41-30-32-13-4-5-18-36(32)52-49(41)51-44(28-27-43(53)50(51)48(39)42)54(52)34-17-10-14-31(29-34)35-22-12-26-46-47(35)40-21-8-9-25-45(40)55-46/h1-30H. The molecule has 3 heterocycles. The number of aromatic nitrogens is 2. The zero-order chi connectivity index (χ0) is 35.8. The van der Waals surface area contributed by atoms with Crippen LogP contribution >= 0.6 is 0 Å². The number of hydrogen-bond acceptors (Lipinski definition) is 1. The minimum absolute atomic E-state index is 0.904. The van der Waals surface area contributed by atoms with Crippen molar-refractivity contribution in [1.82, 2.24) is 9.13 Å². The number of rotatable bonds is 3. The van der Waals surface area contributed by atoms with Crippen LogP contribution in [0.1, 0.15) is 0 Å². The Morgan fingerprint density at radius 3 is 1.82 bits per heavy atom. The lowest BCUT2D eigenvalue weighted by atomic mass is 9.93. The molecule has 0 aliphatic rings. The van der Waals surface area contributed by atoms with Gasteiger partial charge >= 0.3 is 0 Å². The van der Waals surface area contributed by atoms with E-state index in [1.807, 2.05) is 6.07 Å². The Morgan fingerprint density at radius 1 is 0.327 bits per heavy atom. The van der Waals surface area contributed by atoms with Gasteiger partial charge in [0.15, 0.2) is 0 Å². The van der Waals surface area contributed by atoms with Crippen molar-refractivity contribution in [1.29, 1.82) is 0 Å². The predicted octanol–water partition coefficient (Wildman–Crippen LogP) is 14.3. The molecule has 3 heteroatoms. The molecule has 0 saturated heterocycles. The van der Waals surface area contributed by atoms with E-state index in [9.17, 15) is 0 Å². The van der Waals surface area contributed by atoms with E-state index >= 15 is 0 Å². The summed E-state index contributed by atoms with van der Waals surface area (Å²) in [5, 5.41) is 15.0. The molecule has 0 spiro atoms. The van der Waals surface area contributed by atoms with Crippen molar-refractivity contribution >= 4 is 97.9 Å². The van der Waals surface area contributed by atoms with Crippen LogP contribution in [0.4, 0.5) is 0 Å². The van der Waals surface area contributed by atoms with E-state index in [4.69, 9.17) is 4.42 Å². The Kier molecular flexibility index (Phi) is 5.63. The van der Waals surface area contributed by atoms with Crippen molar-refractivity contribution < 1.29 is 4.42 Å². The fourth-order valence-corrected chi connectivity index (χ4v) is 9.85. The van der Waals surface area contributed by atoms with Gasteiger partial charge in [-0.2, -0.15) is 0 Å². The van der Waals surface area contributed by atoms with Gasteiger partial charge in [0.1, 0.15) is 11.2 Å². The van der Waals surface area contributed by atoms with Gasteiger partial charge in [0.2, 0.25) is 0 Å². The van der Waals surface area contributed by atoms with Crippen LogP contribution in [0.3, 0.4) is 0 Å². The highest BCUT2D eigenvalue weighted by Gasteiger charge is 2.26. The van der Waals surface area contributed by atoms with Gasteiger partial charge in [-0.05, 0) is 98.7 Å². The first-order valence-corrected chi connectivity index (χ1v) is 18.9. The second kappa shape index (κ2) is 10.6. The molecule has 13 rings (SSSR count). The first-order valence-electron chi connectivity index (χ1n) is 18.9. The smallest absolute Gasteiger partial charge is 0.136 e. The summed E-state index contributed by atoms with van der Waals surface area (Å²) in [4.78, 5) is 0. The van der Waals surface area contributed by atoms with Gasteiger partial charge in [0.05, 0.1) is 22.1 Å². The van der Waals surface area contributed by atoms with E-state index < -0.39 is 0 Å². The van der Waals surface area contributed by atoms with Crippen molar-refractivity contribution in [3.8, 4) is 22.5 Å². The quantitative estimate of drug-likeness (QED) is 0.180. The molecule has 0 fully saturated rings. The maximum atomic E-state index is 6.34. The molecular formula is C52H30N2O. The van der Waals surface area contributed by atoms with E-state index in [1.54, 1.807) is 0 Å². The Labute approximate surface area is 314 Å². The van der Waals surface area contributed by atoms with Gasteiger partial charge in [0.25, 0.3) is 0 Å². The summed E-state index contributed by atoms with van der Waals surface area (Å²) in [5.41, 5.74) is 11.3. The summed E-state index contributed by atoms with van der Waals surface area (Å²) in [6.45, 7) is 0. The fraction of sp³-hybridized carbons (Fsp3) is 0. The molecule has 0 aliphatic carbocycles. The molecule has 13 aromatic rings. The number of benzene rings is 9. The van der Waals surface area contributed by atoms with Crippen LogP contribution in [0.25, 0.3) is 120 Å². The van der Waals surface area contributed by atoms with Crippen molar-refractivity contribution in [2.45, 2.75) is 0 Å². The highest BCUT2D eigenvalue weighted by Crippen LogP contribution is 2.49. The molecule has 55 heavy (non-hydrogen) atoms. The average Bonchev–Trinajstić information content (AvgIpc) is 3.91. The highest BCUT2D eigenvalue weighted by molar-refractivity contribution is 6.41. The Hall–Kier alpha value is -7.36. The minimum atomic E-state index is 0.904. The molecular weight excluding hydrogens is 669 g/mol. The van der Waals surface area contributed by atoms with E-state index in [0.717, 1.165) is 38.9 Å². The lowest BCUT2D eigenvalue weighted by molar-refractivity contribution is 0.669. The maximum Gasteiger partial charge on any atom is 0.136 e. The number of nitrogens with zero attached hydrogens (tertiary/aromatic N) is 2. The topological polar surface area (TPSA) is 23.0 Å². The predicted molar refractivity (Wildman–Crippen MR) is 232 cm³/mol. The van der Waals surface area contributed by atoms with Gasteiger partial charge in [-0.3, -0.25) is 0 Å². The molecule has 0 radical (unpaired) electrons. The molecule has 3 nitrogen and oxygen atoms in total. The minimum Gasteiger partial charge on any atom is -0.456 e. The van der Waals surface area contributed by atoms with Crippen LogP contribution in [0.15, 0.2) is 186 Å². The second-order valence-corrected chi connectivity index (χ2v) is 14.8. The van der Waals surface area contributed by atoms with Gasteiger partial charge in [-0.1, -0.05) is 121 Å². The zero-order valence-electron chi connectivity index (χ0n) is 29.6. The molecule has 0 amide bonds. The lowest BCUT2D eigenvalue weighted by Gasteiger charge is -2.13. The molecule has 0 saturated carbocycles. The third kappa shape index (κ3) is 3.79. The van der Waals surface area contributed by atoms with Crippen LogP contribution in [0, 0.1) is 0 Å². The summed E-state index contributed by atoms with van der Waals surface area (Å²) in [6.07, 6.45) is 0. The molecule has 0 N–H and O–H groups in total. The molecule has 0 atom stereocenters. The van der Waals surface area contributed by atoms with Crippen molar-refractivity contribution in [2.24, 2.45) is 0 Å². The largest absolute Gasteiger partial charge is 0.456 e. The molecule has 254 valence electrons. The van der Waals surface area contributed by atoms with Crippen LogP contribution in [0.5, 0.6) is 0 Å². The van der Waals surface area contributed by atoms with Crippen molar-refractivity contribution in [2.75, 3.05) is 0 Å². The summed E-state index contributed by atoms with van der Waals surface area (Å²) >= 11 is 0. The summed E-state index contributed by atoms with van der Waals surface area (Å²) < 4.78 is 11.3. The van der Waals surface area contributed by atoms with Gasteiger partial charge in [0, 0.05) is 49.1 Å². The molecule has 10 aromatic carbocycles. The molecule has 3 aromatic heterocycles. The van der Waals surface area contributed by atoms with Crippen LogP contribution in [-0.4, -0.2) is 9.13 Å². The zero-order valence-corrected chi connectivity index (χ0v) is 29.6. The third-order valence-electron chi connectivity index (χ3n) is 12.0. The number of furan rings is 1. The number of para-hydroxylation sites is 2. The second-order valence-electron chi connectivity index (χ2n) is 14.8. The van der Waals surface area contributed by atoms with Crippen LogP contribution in [0.2, 0.25) is 0 Å². The van der Waals surface area contributed by atoms with Gasteiger partial charge in [-0.25, -0.2) is 0 Å². The molecule has 0 aliphatic heterocycles. The summed E-state index contributed by atoms with van der Waals surface area (Å²) in [6, 6.07) is 66.6. The first-order chi connectivity index (χ1) is 27.3. The van der Waals surface area contributed by atoms with E-state index in [0.29, 0.717) is 0 Å². The van der Waals surface area contributed by atoms with E-state index in [-0.39, 0.29) is 0 Å². The number of hydrogen-bond donors (Lipinski definition) is 0. The Morgan fingerprint density at radius 2 is 0.945 bits per heavy atom. The summed E-state index contributed by atoms with van der Waals surface area (Å²) in [7, 11) is 0. The lowest BCUT2D eigenvalue weighted by Crippen LogP contribution is -1.96. The van der Waals surface area contributed by atoms with E-state index in [1.165, 1.54) is 81.5 Å². The first kappa shape index (κ1) is 29.1. The SMILES string of the molecule is c1ccc(-n2c3cccc4c5ccccc5c5cc6ccccc6c6c5c5c(c43)c2ccc5n6-c2cccc(-c3cccc4oc5ccccc5c34)c2)cc1. The average molecular weight is 699 g/mol. The van der Waals surface area contributed by atoms with Gasteiger partial charge < -0.3 is 13.6 Å². The Bertz CT molecular complexity index is 3710. The maximum absolute atomic E-state index is 6.34. The van der Waals surface area contributed by atoms with Crippen LogP contribution < -0.4 is 0 Å². The van der Waals surface area contributed by atoms with E-state index in [2.05, 4.69) is 185 Å². The molecule has 0 unspecified atom stereocenters. The fourth-order valence-electron chi connectivity index (χ4n) is 9.85. The van der Waals surface area contributed by atoms with Gasteiger partial charge in [-0.15, -0.1) is 0 Å². The third-order valence-corrected chi connectivity index (χ3v) is 12.0. The Balaban J connectivity index is 1.26. The monoisotopic (exact) mass is 698 g/mol. The van der Waals surface area contributed by atoms with Crippen LogP contribution in [-0.2, 0) is 0 Å². The van der Waals surface area contributed by atoms with Crippen molar-refractivity contribution in [3.63, 3.8) is 0 Å². The number of fused-ring (bicyclic) bond motifs is 8. The van der Waals surface area contributed by atoms with Crippen molar-refractivity contribution in [3.05, 3.63) is 182 Å².